The number of fused-ring (bicyclic) bond motifs is 8. The van der Waals surface area contributed by atoms with Gasteiger partial charge in [0, 0.05) is 29.8 Å². The van der Waals surface area contributed by atoms with Crippen molar-refractivity contribution in [2.45, 2.75) is 95.4 Å². The van der Waals surface area contributed by atoms with Crippen molar-refractivity contribution in [3.8, 4) is 5.75 Å². The summed E-state index contributed by atoms with van der Waals surface area (Å²) in [7, 11) is 1.60. The van der Waals surface area contributed by atoms with Gasteiger partial charge in [0.15, 0.2) is 5.76 Å². The van der Waals surface area contributed by atoms with Gasteiger partial charge >= 0.3 is 6.03 Å². The number of benzene rings is 2. The summed E-state index contributed by atoms with van der Waals surface area (Å²) < 4.78 is 16.8. The van der Waals surface area contributed by atoms with Crippen LogP contribution < -0.4 is 10.1 Å². The van der Waals surface area contributed by atoms with Crippen LogP contribution in [-0.2, 0) is 11.2 Å². The standard InChI is InChI=1S/C40H50N2O7/c1-27-7-4-19-39(2)35(33-17-11-28(23-30(43)14-10-27)24-34(33)37(44)36-9-6-22-49-36)18-20-40(39,46)26-42(25-32-8-5-21-48-32)38(45)41-29-12-15-31(47-3)16-13-29/h6-7,9,11-13,15-17,22,24,30,32,35,43,46H,4-5,8,10,14,18-21,23,25-26H2,1-3H3,(H,41,45)/t30-,32+,35-,39-,40+/m0/s1. The molecule has 1 saturated heterocycles. The summed E-state index contributed by atoms with van der Waals surface area (Å²) in [5, 5.41) is 26.8. The van der Waals surface area contributed by atoms with Crippen LogP contribution in [0.2, 0.25) is 0 Å². The molecule has 2 amide bonds. The lowest BCUT2D eigenvalue weighted by Crippen LogP contribution is -2.55. The number of methoxy groups -OCH3 is 1. The van der Waals surface area contributed by atoms with Crippen LogP contribution in [0.3, 0.4) is 0 Å². The Labute approximate surface area is 289 Å². The highest BCUT2D eigenvalue weighted by molar-refractivity contribution is 6.08. The summed E-state index contributed by atoms with van der Waals surface area (Å²) in [5.41, 5.74) is 2.18. The maximum Gasteiger partial charge on any atom is 0.322 e. The summed E-state index contributed by atoms with van der Waals surface area (Å²) >= 11 is 0. The number of hydrogen-bond donors (Lipinski definition) is 3. The monoisotopic (exact) mass is 670 g/mol. The third kappa shape index (κ3) is 7.64. The molecule has 9 heteroatoms. The van der Waals surface area contributed by atoms with Crippen molar-refractivity contribution >= 4 is 17.5 Å². The fourth-order valence-corrected chi connectivity index (χ4v) is 8.18. The molecule has 7 rings (SSSR count). The number of carbonyl (C=O) groups is 2. The van der Waals surface area contributed by atoms with Crippen molar-refractivity contribution in [1.82, 2.24) is 4.90 Å². The van der Waals surface area contributed by atoms with E-state index < -0.39 is 17.1 Å². The number of amides is 2. The van der Waals surface area contributed by atoms with E-state index in [0.29, 0.717) is 62.3 Å². The molecule has 3 N–H and O–H groups in total. The topological polar surface area (TPSA) is 121 Å². The second-order valence-corrected chi connectivity index (χ2v) is 14.4. The van der Waals surface area contributed by atoms with Crippen molar-refractivity contribution < 1.29 is 33.7 Å². The minimum atomic E-state index is -1.26. The number of furan rings is 1. The van der Waals surface area contributed by atoms with Gasteiger partial charge in [-0.2, -0.15) is 0 Å². The Balaban J connectivity index is 1.37. The molecule has 9 nitrogen and oxygen atoms in total. The van der Waals surface area contributed by atoms with Crippen molar-refractivity contribution in [1.29, 1.82) is 0 Å². The van der Waals surface area contributed by atoms with Gasteiger partial charge in [-0.1, -0.05) is 30.7 Å². The van der Waals surface area contributed by atoms with Gasteiger partial charge in [-0.3, -0.25) is 4.79 Å². The zero-order chi connectivity index (χ0) is 34.6. The van der Waals surface area contributed by atoms with Crippen molar-refractivity contribution in [3.63, 3.8) is 0 Å². The summed E-state index contributed by atoms with van der Waals surface area (Å²) in [6, 6.07) is 16.2. The van der Waals surface area contributed by atoms with Crippen LogP contribution in [0.1, 0.15) is 98.4 Å². The number of anilines is 1. The highest BCUT2D eigenvalue weighted by Gasteiger charge is 2.58. The van der Waals surface area contributed by atoms with E-state index in [1.807, 2.05) is 18.2 Å². The van der Waals surface area contributed by atoms with E-state index in [0.717, 1.165) is 36.8 Å². The first-order valence-electron chi connectivity index (χ1n) is 17.7. The first-order valence-corrected chi connectivity index (χ1v) is 17.7. The first-order chi connectivity index (χ1) is 23.6. The number of carbonyl (C=O) groups excluding carboxylic acids is 2. The summed E-state index contributed by atoms with van der Waals surface area (Å²) in [4.78, 5) is 29.7. The van der Waals surface area contributed by atoms with Gasteiger partial charge in [0.25, 0.3) is 0 Å². The summed E-state index contributed by atoms with van der Waals surface area (Å²) in [5.74, 6) is 0.569. The van der Waals surface area contributed by atoms with E-state index in [-0.39, 0.29) is 36.1 Å². The van der Waals surface area contributed by atoms with E-state index in [9.17, 15) is 19.8 Å². The normalized spacial score (nSPS) is 27.2. The average Bonchev–Trinajstić information content (AvgIpc) is 3.86. The molecule has 4 aliphatic rings. The molecule has 5 atom stereocenters. The second kappa shape index (κ2) is 14.9. The number of aliphatic hydroxyl groups is 2. The van der Waals surface area contributed by atoms with Crippen molar-refractivity contribution in [3.05, 3.63) is 95.0 Å². The lowest BCUT2D eigenvalue weighted by atomic mass is 9.64. The van der Waals surface area contributed by atoms with Gasteiger partial charge in [0.05, 0.1) is 37.7 Å². The van der Waals surface area contributed by atoms with Crippen LogP contribution in [0.4, 0.5) is 10.5 Å². The maximum atomic E-state index is 14.0. The van der Waals surface area contributed by atoms with Crippen LogP contribution >= 0.6 is 0 Å². The van der Waals surface area contributed by atoms with Gasteiger partial charge in [-0.25, -0.2) is 4.79 Å². The number of aliphatic hydroxyl groups excluding tert-OH is 1. The Morgan fingerprint density at radius 3 is 2.61 bits per heavy atom. The molecule has 1 aliphatic heterocycles. The smallest absolute Gasteiger partial charge is 0.322 e. The molecular formula is C40H50N2O7. The van der Waals surface area contributed by atoms with Crippen LogP contribution in [0.25, 0.3) is 0 Å². The molecule has 3 aliphatic carbocycles. The van der Waals surface area contributed by atoms with E-state index in [2.05, 4.69) is 25.2 Å². The third-order valence-electron chi connectivity index (χ3n) is 11.2. The predicted molar refractivity (Wildman–Crippen MR) is 188 cm³/mol. The summed E-state index contributed by atoms with van der Waals surface area (Å²) in [6.45, 7) is 5.37. The average molecular weight is 671 g/mol. The van der Waals surface area contributed by atoms with Crippen LogP contribution in [0, 0.1) is 5.41 Å². The zero-order valence-corrected chi connectivity index (χ0v) is 29.0. The lowest BCUT2D eigenvalue weighted by molar-refractivity contribution is -0.0799. The van der Waals surface area contributed by atoms with Gasteiger partial charge in [0.1, 0.15) is 5.75 Å². The SMILES string of the molecule is COc1ccc(NC(=O)N(C[C@H]2CCCO2)C[C@]2(O)CC[C@H]3c4ccc(cc4C(=O)c4ccco4)C[C@@H](O)CCC(C)=CCC[C@@]32C)cc1. The fourth-order valence-electron chi connectivity index (χ4n) is 8.18. The predicted octanol–water partition coefficient (Wildman–Crippen LogP) is 7.27. The lowest BCUT2D eigenvalue weighted by Gasteiger charge is -2.46. The molecule has 262 valence electrons. The molecule has 2 aromatic carbocycles. The number of hydrogen-bond acceptors (Lipinski definition) is 7. The van der Waals surface area contributed by atoms with Crippen LogP contribution in [0.15, 0.2) is 76.9 Å². The molecule has 1 aromatic heterocycles. The quantitative estimate of drug-likeness (QED) is 0.170. The minimum absolute atomic E-state index is 0.106. The molecule has 2 fully saturated rings. The van der Waals surface area contributed by atoms with Gasteiger partial charge < -0.3 is 34.3 Å². The summed E-state index contributed by atoms with van der Waals surface area (Å²) in [6.07, 6.45) is 9.19. The van der Waals surface area contributed by atoms with Crippen LogP contribution in [-0.4, -0.2) is 71.5 Å². The number of nitrogens with zero attached hydrogens (tertiary/aromatic N) is 1. The van der Waals surface area contributed by atoms with E-state index in [1.54, 1.807) is 48.4 Å². The molecule has 2 heterocycles. The van der Waals surface area contributed by atoms with Crippen molar-refractivity contribution in [2.24, 2.45) is 5.41 Å². The number of urea groups is 1. The molecule has 49 heavy (non-hydrogen) atoms. The Hall–Kier alpha value is -3.92. The van der Waals surface area contributed by atoms with Gasteiger partial charge in [-0.05, 0) is 124 Å². The number of ether oxygens (including phenoxy) is 2. The van der Waals surface area contributed by atoms with Gasteiger partial charge in [0.2, 0.25) is 5.78 Å². The maximum absolute atomic E-state index is 14.0. The molecule has 2 bridgehead atoms. The number of nitrogens with one attached hydrogen (secondary N) is 1. The highest BCUT2D eigenvalue weighted by Crippen LogP contribution is 2.59. The minimum Gasteiger partial charge on any atom is -0.497 e. The first kappa shape index (κ1) is 34.9. The number of rotatable bonds is 8. The van der Waals surface area contributed by atoms with E-state index in [4.69, 9.17) is 13.9 Å². The van der Waals surface area contributed by atoms with E-state index in [1.165, 1.54) is 11.8 Å². The van der Waals surface area contributed by atoms with Crippen molar-refractivity contribution in [2.75, 3.05) is 32.1 Å². The number of allylic oxidation sites excluding steroid dienone is 2. The Kier molecular flexibility index (Phi) is 10.6. The van der Waals surface area contributed by atoms with Crippen LogP contribution in [0.5, 0.6) is 5.75 Å². The number of ketones is 1. The Bertz CT molecular complexity index is 1630. The van der Waals surface area contributed by atoms with E-state index >= 15 is 0 Å². The molecular weight excluding hydrogens is 620 g/mol. The fraction of sp³-hybridized carbons (Fsp3) is 0.500. The largest absolute Gasteiger partial charge is 0.497 e. The third-order valence-corrected chi connectivity index (χ3v) is 11.2. The molecule has 3 aromatic rings. The molecule has 0 unspecified atom stereocenters. The molecule has 0 spiro atoms. The Morgan fingerprint density at radius 2 is 1.90 bits per heavy atom. The molecule has 1 saturated carbocycles. The highest BCUT2D eigenvalue weighted by atomic mass is 16.5. The zero-order valence-electron chi connectivity index (χ0n) is 29.0. The van der Waals surface area contributed by atoms with Gasteiger partial charge in [-0.15, -0.1) is 0 Å². The second-order valence-electron chi connectivity index (χ2n) is 14.4. The Morgan fingerprint density at radius 1 is 1.08 bits per heavy atom. The molecule has 0 radical (unpaired) electrons.